The van der Waals surface area contributed by atoms with E-state index >= 15 is 0 Å². The molecule has 0 saturated heterocycles. The van der Waals surface area contributed by atoms with Crippen LogP contribution in [-0.2, 0) is 21.2 Å². The molecule has 2 heterocycles. The molecule has 3 N–H and O–H groups in total. The van der Waals surface area contributed by atoms with E-state index in [4.69, 9.17) is 9.26 Å². The van der Waals surface area contributed by atoms with Crippen LogP contribution < -0.4 is 14.8 Å². The highest BCUT2D eigenvalue weighted by atomic mass is 32.2. The number of carbonyl (C=O) groups is 2. The van der Waals surface area contributed by atoms with Gasteiger partial charge in [0.15, 0.2) is 10.7 Å². The molecule has 3 aromatic rings. The minimum atomic E-state index is -4.04. The molecule has 2 aromatic carbocycles. The number of urea groups is 1. The first-order valence-corrected chi connectivity index (χ1v) is 15.2. The van der Waals surface area contributed by atoms with Gasteiger partial charge in [-0.1, -0.05) is 12.1 Å². The molecule has 3 atom stereocenters. The van der Waals surface area contributed by atoms with Gasteiger partial charge in [0.05, 0.1) is 25.6 Å². The van der Waals surface area contributed by atoms with Crippen molar-refractivity contribution in [2.24, 2.45) is 5.92 Å². The molecule has 1 aromatic heterocycles. The molecule has 0 unspecified atom stereocenters. The Morgan fingerprint density at radius 2 is 1.88 bits per heavy atom. The average Bonchev–Trinajstić information content (AvgIpc) is 3.32. The lowest BCUT2D eigenvalue weighted by Gasteiger charge is -2.34. The Bertz CT molecular complexity index is 1560. The third-order valence-corrected chi connectivity index (χ3v) is 8.93. The van der Waals surface area contributed by atoms with E-state index in [-0.39, 0.29) is 60.0 Å². The molecule has 1 aliphatic rings. The number of amides is 3. The molecule has 12 nitrogen and oxygen atoms in total. The van der Waals surface area contributed by atoms with Crippen molar-refractivity contribution in [1.82, 2.24) is 15.0 Å². The zero-order chi connectivity index (χ0) is 31.5. The molecule has 0 aliphatic carbocycles. The normalized spacial score (nSPS) is 18.0. The van der Waals surface area contributed by atoms with E-state index in [9.17, 15) is 27.5 Å². The van der Waals surface area contributed by atoms with Crippen molar-refractivity contribution in [2.45, 2.75) is 51.2 Å². The first kappa shape index (κ1) is 31.8. The molecule has 1 aliphatic heterocycles. The smallest absolute Gasteiger partial charge is 0.321 e. The second-order valence-electron chi connectivity index (χ2n) is 10.8. The summed E-state index contributed by atoms with van der Waals surface area (Å²) in [5.74, 6) is -0.468. The van der Waals surface area contributed by atoms with Gasteiger partial charge in [-0.05, 0) is 63.2 Å². The number of anilines is 2. The highest BCUT2D eigenvalue weighted by molar-refractivity contribution is 7.92. The molecular weight excluding hydrogens is 581 g/mol. The SMILES string of the molecule is Cc1noc(C)c1S(=O)(=O)Nc1ccc2c(c1)CC(=O)N([C@@H](C)CO)C[C@@H](C)[C@@H](CN(C)C(=O)Nc1ccc(F)cc1)O2. The molecule has 0 radical (unpaired) electrons. The fourth-order valence-electron chi connectivity index (χ4n) is 4.88. The molecule has 0 bridgehead atoms. The van der Waals surface area contributed by atoms with Crippen LogP contribution in [0.3, 0.4) is 0 Å². The fraction of sp³-hybridized carbons (Fsp3) is 0.414. The van der Waals surface area contributed by atoms with Gasteiger partial charge in [-0.2, -0.15) is 0 Å². The van der Waals surface area contributed by atoms with Gasteiger partial charge in [-0.3, -0.25) is 9.52 Å². The minimum Gasteiger partial charge on any atom is -0.488 e. The second-order valence-corrected chi connectivity index (χ2v) is 12.4. The quantitative estimate of drug-likeness (QED) is 0.347. The highest BCUT2D eigenvalue weighted by Gasteiger charge is 2.32. The standard InChI is InChI=1S/C29H36FN5O7S/c1-17-14-35(18(2)16-36)27(37)13-21-12-24(33-43(39,40)28-19(3)32-42-20(28)4)10-11-25(21)41-26(17)15-34(5)29(38)31-23-8-6-22(30)7-9-23/h6-12,17-18,26,33,36H,13-16H2,1-5H3,(H,31,38)/t17-,18+,26-/m1/s1. The molecule has 0 spiro atoms. The highest BCUT2D eigenvalue weighted by Crippen LogP contribution is 2.31. The van der Waals surface area contributed by atoms with Gasteiger partial charge < -0.3 is 29.5 Å². The van der Waals surface area contributed by atoms with E-state index in [1.807, 2.05) is 6.92 Å². The third kappa shape index (κ3) is 7.43. The number of aliphatic hydroxyl groups excluding tert-OH is 1. The number of carbonyl (C=O) groups excluding carboxylic acids is 2. The summed E-state index contributed by atoms with van der Waals surface area (Å²) in [7, 11) is -2.45. The van der Waals surface area contributed by atoms with Crippen LogP contribution in [0.5, 0.6) is 5.75 Å². The Morgan fingerprint density at radius 1 is 1.21 bits per heavy atom. The number of fused-ring (bicyclic) bond motifs is 1. The van der Waals surface area contributed by atoms with E-state index < -0.39 is 34.0 Å². The van der Waals surface area contributed by atoms with Crippen molar-refractivity contribution in [3.63, 3.8) is 0 Å². The number of aromatic nitrogens is 1. The zero-order valence-electron chi connectivity index (χ0n) is 24.6. The van der Waals surface area contributed by atoms with Crippen molar-refractivity contribution in [2.75, 3.05) is 36.8 Å². The minimum absolute atomic E-state index is 0.0674. The fourth-order valence-corrected chi connectivity index (χ4v) is 6.26. The Hall–Kier alpha value is -4.17. The molecule has 4 rings (SSSR count). The Morgan fingerprint density at radius 3 is 2.51 bits per heavy atom. The van der Waals surface area contributed by atoms with Crippen molar-refractivity contribution in [3.05, 3.63) is 65.3 Å². The molecule has 0 fully saturated rings. The number of nitrogens with one attached hydrogen (secondary N) is 2. The van der Waals surface area contributed by atoms with Crippen LogP contribution in [0.2, 0.25) is 0 Å². The lowest BCUT2D eigenvalue weighted by atomic mass is 10.0. The van der Waals surface area contributed by atoms with E-state index in [1.165, 1.54) is 55.1 Å². The van der Waals surface area contributed by atoms with Gasteiger partial charge in [-0.15, -0.1) is 0 Å². The van der Waals surface area contributed by atoms with E-state index in [2.05, 4.69) is 15.2 Å². The van der Waals surface area contributed by atoms with Crippen LogP contribution in [0.25, 0.3) is 0 Å². The number of benzene rings is 2. The number of aliphatic hydroxyl groups is 1. The summed E-state index contributed by atoms with van der Waals surface area (Å²) in [5.41, 5.74) is 1.27. The number of rotatable bonds is 8. The van der Waals surface area contributed by atoms with Crippen LogP contribution in [0, 0.1) is 25.6 Å². The number of hydrogen-bond acceptors (Lipinski definition) is 8. The number of likely N-dealkylation sites (N-methyl/N-ethyl adjacent to an activating group) is 1. The van der Waals surface area contributed by atoms with Gasteiger partial charge in [0, 0.05) is 36.4 Å². The number of hydrogen-bond donors (Lipinski definition) is 3. The van der Waals surface area contributed by atoms with Gasteiger partial charge in [0.25, 0.3) is 10.0 Å². The maximum atomic E-state index is 13.5. The summed E-state index contributed by atoms with van der Waals surface area (Å²) in [4.78, 5) is 29.3. The Balaban J connectivity index is 1.62. The summed E-state index contributed by atoms with van der Waals surface area (Å²) in [6, 6.07) is 9.10. The molecule has 0 saturated carbocycles. The predicted octanol–water partition coefficient (Wildman–Crippen LogP) is 3.54. The topological polar surface area (TPSA) is 154 Å². The Labute approximate surface area is 249 Å². The van der Waals surface area contributed by atoms with Gasteiger partial charge >= 0.3 is 6.03 Å². The van der Waals surface area contributed by atoms with Crippen LogP contribution in [0.15, 0.2) is 51.9 Å². The molecule has 3 amide bonds. The Kier molecular flexibility index (Phi) is 9.60. The molecular formula is C29H36FN5O7S. The summed E-state index contributed by atoms with van der Waals surface area (Å²) < 4.78 is 53.5. The van der Waals surface area contributed by atoms with Gasteiger partial charge in [0.1, 0.15) is 23.4 Å². The van der Waals surface area contributed by atoms with Crippen molar-refractivity contribution in [1.29, 1.82) is 0 Å². The molecule has 43 heavy (non-hydrogen) atoms. The number of sulfonamides is 1. The maximum Gasteiger partial charge on any atom is 0.321 e. The van der Waals surface area contributed by atoms with E-state index in [1.54, 1.807) is 24.9 Å². The molecule has 14 heteroatoms. The third-order valence-electron chi connectivity index (χ3n) is 7.30. The average molecular weight is 618 g/mol. The van der Waals surface area contributed by atoms with Crippen molar-refractivity contribution in [3.8, 4) is 5.75 Å². The second kappa shape index (κ2) is 13.0. The summed E-state index contributed by atoms with van der Waals surface area (Å²) in [6.45, 7) is 6.76. The van der Waals surface area contributed by atoms with Gasteiger partial charge in [-0.25, -0.2) is 17.6 Å². The first-order valence-electron chi connectivity index (χ1n) is 13.7. The zero-order valence-corrected chi connectivity index (χ0v) is 25.4. The van der Waals surface area contributed by atoms with Gasteiger partial charge in [0.2, 0.25) is 5.91 Å². The van der Waals surface area contributed by atoms with Crippen LogP contribution >= 0.6 is 0 Å². The lowest BCUT2D eigenvalue weighted by molar-refractivity contribution is -0.134. The number of halogens is 1. The van der Waals surface area contributed by atoms with E-state index in [0.717, 1.165) is 0 Å². The number of aryl methyl sites for hydroxylation is 2. The summed E-state index contributed by atoms with van der Waals surface area (Å²) in [5, 5.41) is 16.3. The maximum absolute atomic E-state index is 13.5. The van der Waals surface area contributed by atoms with Crippen molar-refractivity contribution < 1.29 is 36.8 Å². The van der Waals surface area contributed by atoms with E-state index in [0.29, 0.717) is 17.0 Å². The number of nitrogens with zero attached hydrogens (tertiary/aromatic N) is 3. The summed E-state index contributed by atoms with van der Waals surface area (Å²) >= 11 is 0. The largest absolute Gasteiger partial charge is 0.488 e. The van der Waals surface area contributed by atoms with Crippen LogP contribution in [0.1, 0.15) is 30.9 Å². The number of ether oxygens (including phenoxy) is 1. The van der Waals surface area contributed by atoms with Crippen LogP contribution in [-0.4, -0.2) is 79.3 Å². The lowest BCUT2D eigenvalue weighted by Crippen LogP contribution is -2.48. The van der Waals surface area contributed by atoms with Crippen molar-refractivity contribution >= 4 is 33.3 Å². The van der Waals surface area contributed by atoms with Crippen LogP contribution in [0.4, 0.5) is 20.6 Å². The first-order chi connectivity index (χ1) is 20.3. The monoisotopic (exact) mass is 617 g/mol. The summed E-state index contributed by atoms with van der Waals surface area (Å²) in [6.07, 6.45) is -0.701. The molecule has 232 valence electrons. The predicted molar refractivity (Wildman–Crippen MR) is 157 cm³/mol.